The summed E-state index contributed by atoms with van der Waals surface area (Å²) in [6, 6.07) is 14.3. The Labute approximate surface area is 182 Å². The predicted molar refractivity (Wildman–Crippen MR) is 121 cm³/mol. The molecule has 1 aromatic carbocycles. The first kappa shape index (κ1) is 18.8. The zero-order valence-electron chi connectivity index (χ0n) is 16.7. The van der Waals surface area contributed by atoms with Gasteiger partial charge in [-0.3, -0.25) is 4.68 Å². The average molecular weight is 462 g/mol. The van der Waals surface area contributed by atoms with Crippen LogP contribution in [0.25, 0.3) is 39.5 Å². The SMILES string of the molecule is Cc1cccc(-c2ccn(-c3cc(C)c4oc(-c5cnn(CCBr)c5)cc4n3)n2)c1. The molecule has 6 nitrogen and oxygen atoms in total. The molecule has 4 heterocycles. The van der Waals surface area contributed by atoms with Gasteiger partial charge in [0, 0.05) is 29.4 Å². The number of rotatable bonds is 5. The van der Waals surface area contributed by atoms with Crippen LogP contribution >= 0.6 is 15.9 Å². The molecule has 0 N–H and O–H groups in total. The number of hydrogen-bond donors (Lipinski definition) is 0. The first-order chi connectivity index (χ1) is 14.6. The van der Waals surface area contributed by atoms with Crippen molar-refractivity contribution in [1.82, 2.24) is 24.5 Å². The highest BCUT2D eigenvalue weighted by Crippen LogP contribution is 2.30. The molecule has 0 aliphatic carbocycles. The van der Waals surface area contributed by atoms with Crippen molar-refractivity contribution in [1.29, 1.82) is 0 Å². The third-order valence-electron chi connectivity index (χ3n) is 5.02. The van der Waals surface area contributed by atoms with E-state index in [1.807, 2.05) is 59.1 Å². The maximum atomic E-state index is 6.10. The molecular formula is C23H20BrN5O. The molecule has 0 fully saturated rings. The van der Waals surface area contributed by atoms with Crippen LogP contribution in [0.5, 0.6) is 0 Å². The monoisotopic (exact) mass is 461 g/mol. The number of aryl methyl sites for hydroxylation is 3. The third kappa shape index (κ3) is 3.45. The number of fused-ring (bicyclic) bond motifs is 1. The van der Waals surface area contributed by atoms with Crippen LogP contribution in [-0.4, -0.2) is 29.9 Å². The largest absolute Gasteiger partial charge is 0.454 e. The summed E-state index contributed by atoms with van der Waals surface area (Å²) in [6.45, 7) is 4.92. The van der Waals surface area contributed by atoms with Crippen LogP contribution < -0.4 is 0 Å². The van der Waals surface area contributed by atoms with Crippen LogP contribution in [0.1, 0.15) is 11.1 Å². The molecule has 0 unspecified atom stereocenters. The fraction of sp³-hybridized carbons (Fsp3) is 0.174. The number of hydrogen-bond acceptors (Lipinski definition) is 4. The van der Waals surface area contributed by atoms with Crippen LogP contribution in [0.2, 0.25) is 0 Å². The zero-order valence-corrected chi connectivity index (χ0v) is 18.3. The van der Waals surface area contributed by atoms with Crippen molar-refractivity contribution in [2.24, 2.45) is 0 Å². The van der Waals surface area contributed by atoms with Crippen LogP contribution in [-0.2, 0) is 6.54 Å². The number of aromatic nitrogens is 5. The van der Waals surface area contributed by atoms with Gasteiger partial charge in [0.15, 0.2) is 11.4 Å². The molecule has 5 aromatic rings. The Morgan fingerprint density at radius 1 is 1.07 bits per heavy atom. The van der Waals surface area contributed by atoms with Crippen LogP contribution in [0.4, 0.5) is 0 Å². The maximum absolute atomic E-state index is 6.10. The lowest BCUT2D eigenvalue weighted by Crippen LogP contribution is -1.99. The Hall–Kier alpha value is -3.19. The van der Waals surface area contributed by atoms with E-state index >= 15 is 0 Å². The number of pyridine rings is 1. The Kier molecular flexibility index (Phi) is 4.75. The van der Waals surface area contributed by atoms with Crippen molar-refractivity contribution in [2.45, 2.75) is 20.4 Å². The van der Waals surface area contributed by atoms with E-state index in [0.717, 1.165) is 56.9 Å². The van der Waals surface area contributed by atoms with Crippen molar-refractivity contribution >= 4 is 27.0 Å². The standard InChI is InChI=1S/C23H20BrN5O/c1-15-4-3-5-17(10-15)19-6-8-29(27-19)22-11-16(2)23-20(26-22)12-21(30-23)18-13-25-28(14-18)9-7-24/h3-6,8,10-14H,7,9H2,1-2H3. The minimum Gasteiger partial charge on any atom is -0.454 e. The molecule has 0 aliphatic heterocycles. The van der Waals surface area contributed by atoms with Gasteiger partial charge in [-0.05, 0) is 37.6 Å². The van der Waals surface area contributed by atoms with E-state index in [1.54, 1.807) is 0 Å². The minimum absolute atomic E-state index is 0.763. The van der Waals surface area contributed by atoms with Crippen LogP contribution in [0.15, 0.2) is 65.5 Å². The second-order valence-electron chi connectivity index (χ2n) is 7.32. The highest BCUT2D eigenvalue weighted by Gasteiger charge is 2.14. The number of benzene rings is 1. The van der Waals surface area contributed by atoms with Gasteiger partial charge < -0.3 is 4.42 Å². The topological polar surface area (TPSA) is 61.7 Å². The van der Waals surface area contributed by atoms with E-state index in [0.29, 0.717) is 0 Å². The molecule has 5 rings (SSSR count). The first-order valence-corrected chi connectivity index (χ1v) is 10.9. The lowest BCUT2D eigenvalue weighted by atomic mass is 10.1. The summed E-state index contributed by atoms with van der Waals surface area (Å²) in [5, 5.41) is 9.96. The molecule has 0 spiro atoms. The van der Waals surface area contributed by atoms with Gasteiger partial charge in [-0.25, -0.2) is 9.67 Å². The second kappa shape index (κ2) is 7.57. The molecule has 4 aromatic heterocycles. The number of halogens is 1. The summed E-state index contributed by atoms with van der Waals surface area (Å²) < 4.78 is 9.80. The number of nitrogens with zero attached hydrogens (tertiary/aromatic N) is 5. The third-order valence-corrected chi connectivity index (χ3v) is 5.37. The van der Waals surface area contributed by atoms with E-state index in [1.165, 1.54) is 5.56 Å². The molecule has 0 bridgehead atoms. The highest BCUT2D eigenvalue weighted by atomic mass is 79.9. The van der Waals surface area contributed by atoms with Crippen molar-refractivity contribution < 1.29 is 4.42 Å². The number of alkyl halides is 1. The van der Waals surface area contributed by atoms with Gasteiger partial charge in [0.2, 0.25) is 0 Å². The molecule has 0 aliphatic rings. The van der Waals surface area contributed by atoms with E-state index in [4.69, 9.17) is 14.5 Å². The van der Waals surface area contributed by atoms with Crippen LogP contribution in [0.3, 0.4) is 0 Å². The van der Waals surface area contributed by atoms with Crippen molar-refractivity contribution in [3.05, 3.63) is 72.2 Å². The van der Waals surface area contributed by atoms with Crippen molar-refractivity contribution in [3.8, 4) is 28.4 Å². The Morgan fingerprint density at radius 3 is 2.80 bits per heavy atom. The fourth-order valence-electron chi connectivity index (χ4n) is 3.53. The smallest absolute Gasteiger partial charge is 0.156 e. The minimum atomic E-state index is 0.763. The molecule has 0 atom stereocenters. The molecule has 30 heavy (non-hydrogen) atoms. The molecular weight excluding hydrogens is 442 g/mol. The molecule has 0 radical (unpaired) electrons. The Morgan fingerprint density at radius 2 is 1.97 bits per heavy atom. The van der Waals surface area contributed by atoms with Crippen molar-refractivity contribution in [3.63, 3.8) is 0 Å². The molecule has 0 amide bonds. The van der Waals surface area contributed by atoms with Gasteiger partial charge in [-0.2, -0.15) is 10.2 Å². The maximum Gasteiger partial charge on any atom is 0.156 e. The Balaban J connectivity index is 1.51. The Bertz CT molecular complexity index is 1350. The summed E-state index contributed by atoms with van der Waals surface area (Å²) in [6.07, 6.45) is 5.74. The lowest BCUT2D eigenvalue weighted by molar-refractivity contribution is 0.627. The van der Waals surface area contributed by atoms with Crippen molar-refractivity contribution in [2.75, 3.05) is 5.33 Å². The highest BCUT2D eigenvalue weighted by molar-refractivity contribution is 9.09. The normalized spacial score (nSPS) is 11.4. The predicted octanol–water partition coefficient (Wildman–Crippen LogP) is 5.56. The van der Waals surface area contributed by atoms with Gasteiger partial charge in [0.1, 0.15) is 11.3 Å². The fourth-order valence-corrected chi connectivity index (χ4v) is 3.89. The van der Waals surface area contributed by atoms with Gasteiger partial charge in [-0.1, -0.05) is 39.7 Å². The van der Waals surface area contributed by atoms with Crippen LogP contribution in [0, 0.1) is 13.8 Å². The van der Waals surface area contributed by atoms with E-state index < -0.39 is 0 Å². The summed E-state index contributed by atoms with van der Waals surface area (Å²) >= 11 is 3.44. The summed E-state index contributed by atoms with van der Waals surface area (Å²) in [4.78, 5) is 4.79. The molecule has 0 saturated heterocycles. The van der Waals surface area contributed by atoms with Gasteiger partial charge >= 0.3 is 0 Å². The van der Waals surface area contributed by atoms with E-state index in [2.05, 4.69) is 46.2 Å². The van der Waals surface area contributed by atoms with E-state index in [9.17, 15) is 0 Å². The zero-order chi connectivity index (χ0) is 20.7. The lowest BCUT2D eigenvalue weighted by Gasteiger charge is -2.03. The van der Waals surface area contributed by atoms with Gasteiger partial charge in [0.25, 0.3) is 0 Å². The number of furan rings is 1. The summed E-state index contributed by atoms with van der Waals surface area (Å²) in [5.41, 5.74) is 6.78. The van der Waals surface area contributed by atoms with Gasteiger partial charge in [0.05, 0.1) is 24.0 Å². The first-order valence-electron chi connectivity index (χ1n) is 9.74. The summed E-state index contributed by atoms with van der Waals surface area (Å²) in [7, 11) is 0. The molecule has 150 valence electrons. The van der Waals surface area contributed by atoms with Gasteiger partial charge in [-0.15, -0.1) is 0 Å². The molecule has 7 heteroatoms. The molecule has 0 saturated carbocycles. The van der Waals surface area contributed by atoms with E-state index in [-0.39, 0.29) is 0 Å². The second-order valence-corrected chi connectivity index (χ2v) is 8.11. The summed E-state index contributed by atoms with van der Waals surface area (Å²) in [5.74, 6) is 1.53. The quantitative estimate of drug-likeness (QED) is 0.321. The average Bonchev–Trinajstić information content (AvgIpc) is 3.47.